The molecule has 0 bridgehead atoms. The summed E-state index contributed by atoms with van der Waals surface area (Å²) < 4.78 is 11.6. The minimum Gasteiger partial charge on any atom is -0.490 e. The van der Waals surface area contributed by atoms with Crippen LogP contribution >= 0.6 is 23.2 Å². The molecule has 0 aromatic heterocycles. The number of anilines is 1. The second kappa shape index (κ2) is 12.8. The third-order valence-electron chi connectivity index (χ3n) is 4.93. The second-order valence-electron chi connectivity index (χ2n) is 7.29. The van der Waals surface area contributed by atoms with Crippen molar-refractivity contribution < 1.29 is 19.1 Å². The summed E-state index contributed by atoms with van der Waals surface area (Å²) in [5.41, 5.74) is 5.06. The molecule has 3 rings (SSSR count). The van der Waals surface area contributed by atoms with Crippen LogP contribution in [-0.4, -0.2) is 24.6 Å². The van der Waals surface area contributed by atoms with Crippen LogP contribution in [0.3, 0.4) is 0 Å². The highest BCUT2D eigenvalue weighted by Crippen LogP contribution is 2.31. The smallest absolute Gasteiger partial charge is 0.329 e. The third-order valence-corrected chi connectivity index (χ3v) is 5.64. The van der Waals surface area contributed by atoms with Crippen molar-refractivity contribution in [2.75, 3.05) is 11.9 Å². The van der Waals surface area contributed by atoms with E-state index in [1.165, 1.54) is 6.21 Å². The first-order valence-electron chi connectivity index (χ1n) is 11.0. The van der Waals surface area contributed by atoms with E-state index in [0.717, 1.165) is 12.0 Å². The molecular formula is C26H25Cl2N3O4. The Hall–Kier alpha value is -3.55. The summed E-state index contributed by atoms with van der Waals surface area (Å²) in [7, 11) is 0. The Bertz CT molecular complexity index is 1210. The van der Waals surface area contributed by atoms with Crippen molar-refractivity contribution in [1.82, 2.24) is 5.43 Å². The van der Waals surface area contributed by atoms with Gasteiger partial charge in [-0.2, -0.15) is 5.10 Å². The van der Waals surface area contributed by atoms with E-state index in [2.05, 4.69) is 15.8 Å². The number of nitrogens with zero attached hydrogens (tertiary/aromatic N) is 1. The summed E-state index contributed by atoms with van der Waals surface area (Å²) in [6, 6.07) is 17.7. The van der Waals surface area contributed by atoms with E-state index < -0.39 is 11.8 Å². The topological polar surface area (TPSA) is 89.0 Å². The van der Waals surface area contributed by atoms with Crippen LogP contribution in [0.15, 0.2) is 65.8 Å². The van der Waals surface area contributed by atoms with E-state index in [1.807, 2.05) is 26.0 Å². The first-order chi connectivity index (χ1) is 16.9. The van der Waals surface area contributed by atoms with Crippen LogP contribution in [0.1, 0.15) is 30.5 Å². The zero-order valence-electron chi connectivity index (χ0n) is 19.3. The fraction of sp³-hybridized carbons (Fsp3) is 0.192. The second-order valence-corrected chi connectivity index (χ2v) is 8.11. The number of rotatable bonds is 9. The molecule has 0 aliphatic rings. The third kappa shape index (κ3) is 7.21. The quantitative estimate of drug-likeness (QED) is 0.220. The van der Waals surface area contributed by atoms with Gasteiger partial charge in [-0.1, -0.05) is 54.4 Å². The summed E-state index contributed by atoms with van der Waals surface area (Å²) in [6.45, 7) is 4.40. The Balaban J connectivity index is 1.63. The Morgan fingerprint density at radius 3 is 2.37 bits per heavy atom. The molecule has 182 valence electrons. The van der Waals surface area contributed by atoms with Gasteiger partial charge in [0.15, 0.2) is 11.5 Å². The Labute approximate surface area is 214 Å². The predicted octanol–water partition coefficient (Wildman–Crippen LogP) is 5.62. The van der Waals surface area contributed by atoms with Gasteiger partial charge in [-0.15, -0.1) is 0 Å². The van der Waals surface area contributed by atoms with Crippen LogP contribution < -0.4 is 20.2 Å². The lowest BCUT2D eigenvalue weighted by atomic mass is 10.1. The van der Waals surface area contributed by atoms with Gasteiger partial charge >= 0.3 is 11.8 Å². The fourth-order valence-corrected chi connectivity index (χ4v) is 3.67. The first kappa shape index (κ1) is 26.1. The lowest BCUT2D eigenvalue weighted by Gasteiger charge is -2.14. The van der Waals surface area contributed by atoms with Crippen LogP contribution in [0.25, 0.3) is 0 Å². The van der Waals surface area contributed by atoms with Crippen LogP contribution in [-0.2, 0) is 22.6 Å². The van der Waals surface area contributed by atoms with Crippen molar-refractivity contribution in [3.8, 4) is 11.5 Å². The van der Waals surface area contributed by atoms with E-state index in [9.17, 15) is 9.59 Å². The molecule has 0 aliphatic heterocycles. The molecule has 3 aromatic rings. The Morgan fingerprint density at radius 2 is 1.66 bits per heavy atom. The maximum absolute atomic E-state index is 12.2. The number of ether oxygens (including phenoxy) is 2. The Kier molecular flexibility index (Phi) is 9.52. The number of hydrogen-bond donors (Lipinski definition) is 2. The number of carbonyl (C=O) groups excluding carboxylic acids is 2. The minimum absolute atomic E-state index is 0.165. The molecule has 0 heterocycles. The molecule has 0 unspecified atom stereocenters. The number of hydrogen-bond acceptors (Lipinski definition) is 5. The lowest BCUT2D eigenvalue weighted by molar-refractivity contribution is -0.136. The Morgan fingerprint density at radius 1 is 0.914 bits per heavy atom. The molecular weight excluding hydrogens is 489 g/mol. The van der Waals surface area contributed by atoms with Gasteiger partial charge < -0.3 is 14.8 Å². The van der Waals surface area contributed by atoms with Crippen LogP contribution in [0.5, 0.6) is 11.5 Å². The fourth-order valence-electron chi connectivity index (χ4n) is 3.16. The van der Waals surface area contributed by atoms with Gasteiger partial charge in [0.25, 0.3) is 0 Å². The molecule has 35 heavy (non-hydrogen) atoms. The highest BCUT2D eigenvalue weighted by atomic mass is 35.5. The number of amides is 2. The molecule has 0 spiro atoms. The molecule has 2 N–H and O–H groups in total. The zero-order chi connectivity index (χ0) is 25.2. The monoisotopic (exact) mass is 513 g/mol. The van der Waals surface area contributed by atoms with Gasteiger partial charge in [-0.3, -0.25) is 9.59 Å². The van der Waals surface area contributed by atoms with E-state index in [-0.39, 0.29) is 6.61 Å². The largest absolute Gasteiger partial charge is 0.490 e. The van der Waals surface area contributed by atoms with Crippen molar-refractivity contribution >= 4 is 46.9 Å². The van der Waals surface area contributed by atoms with E-state index in [1.54, 1.807) is 48.5 Å². The molecule has 0 atom stereocenters. The first-order valence-corrected chi connectivity index (χ1v) is 11.7. The standard InChI is InChI=1S/C26H25Cl2N3O4/c1-3-18-8-5-6-11-22(18)30-25(32)26(33)31-29-15-17-12-13-23(24(14-17)34-4-2)35-16-19-20(27)9-7-10-21(19)28/h5-15H,3-4,16H2,1-2H3,(H,30,32)(H,31,33). The van der Waals surface area contributed by atoms with Gasteiger partial charge in [0, 0.05) is 21.3 Å². The average molecular weight is 514 g/mol. The summed E-state index contributed by atoms with van der Waals surface area (Å²) in [4.78, 5) is 24.3. The number of carbonyl (C=O) groups is 2. The van der Waals surface area contributed by atoms with Crippen molar-refractivity contribution in [3.05, 3.63) is 87.4 Å². The summed E-state index contributed by atoms with van der Waals surface area (Å²) >= 11 is 12.4. The van der Waals surface area contributed by atoms with Crippen LogP contribution in [0.4, 0.5) is 5.69 Å². The van der Waals surface area contributed by atoms with Gasteiger partial charge in [0.1, 0.15) is 6.61 Å². The predicted molar refractivity (Wildman–Crippen MR) is 139 cm³/mol. The number of para-hydroxylation sites is 1. The summed E-state index contributed by atoms with van der Waals surface area (Å²) in [6.07, 6.45) is 2.13. The molecule has 3 aromatic carbocycles. The summed E-state index contributed by atoms with van der Waals surface area (Å²) in [5, 5.41) is 7.50. The highest BCUT2D eigenvalue weighted by Gasteiger charge is 2.14. The van der Waals surface area contributed by atoms with Crippen molar-refractivity contribution in [1.29, 1.82) is 0 Å². The molecule has 2 amide bonds. The van der Waals surface area contributed by atoms with Gasteiger partial charge in [-0.25, -0.2) is 5.43 Å². The SMILES string of the molecule is CCOc1cc(C=NNC(=O)C(=O)Nc2ccccc2CC)ccc1OCc1c(Cl)cccc1Cl. The van der Waals surface area contributed by atoms with E-state index >= 15 is 0 Å². The maximum atomic E-state index is 12.2. The van der Waals surface area contributed by atoms with Crippen molar-refractivity contribution in [2.24, 2.45) is 5.10 Å². The van der Waals surface area contributed by atoms with Crippen LogP contribution in [0.2, 0.25) is 10.0 Å². The highest BCUT2D eigenvalue weighted by molar-refractivity contribution is 6.39. The molecule has 0 radical (unpaired) electrons. The van der Waals surface area contributed by atoms with Crippen molar-refractivity contribution in [2.45, 2.75) is 26.9 Å². The number of nitrogens with one attached hydrogen (secondary N) is 2. The number of aryl methyl sites for hydroxylation is 1. The normalized spacial score (nSPS) is 10.7. The van der Waals surface area contributed by atoms with Crippen molar-refractivity contribution in [3.63, 3.8) is 0 Å². The number of halogens is 2. The van der Waals surface area contributed by atoms with E-state index in [4.69, 9.17) is 32.7 Å². The molecule has 0 fully saturated rings. The number of benzene rings is 3. The van der Waals surface area contributed by atoms with Gasteiger partial charge in [0.2, 0.25) is 0 Å². The molecule has 0 aliphatic carbocycles. The number of hydrazone groups is 1. The molecule has 9 heteroatoms. The molecule has 0 saturated carbocycles. The zero-order valence-corrected chi connectivity index (χ0v) is 20.8. The van der Waals surface area contributed by atoms with Gasteiger partial charge in [-0.05, 0) is 60.9 Å². The average Bonchev–Trinajstić information content (AvgIpc) is 2.85. The maximum Gasteiger partial charge on any atom is 0.329 e. The lowest BCUT2D eigenvalue weighted by Crippen LogP contribution is -2.32. The van der Waals surface area contributed by atoms with Gasteiger partial charge in [0.05, 0.1) is 12.8 Å². The minimum atomic E-state index is -0.881. The molecule has 7 nitrogen and oxygen atoms in total. The molecule has 0 saturated heterocycles. The van der Waals surface area contributed by atoms with Crippen LogP contribution in [0, 0.1) is 0 Å². The summed E-state index contributed by atoms with van der Waals surface area (Å²) in [5.74, 6) is -0.702. The van der Waals surface area contributed by atoms with E-state index in [0.29, 0.717) is 45.0 Å².